The maximum Gasteiger partial charge on any atom is 0.198 e. The predicted octanol–water partition coefficient (Wildman–Crippen LogP) is 3.72. The molecule has 0 spiro atoms. The number of nitriles is 1. The van der Waals surface area contributed by atoms with Gasteiger partial charge in [0.1, 0.15) is 5.82 Å². The molecule has 2 aromatic carbocycles. The summed E-state index contributed by atoms with van der Waals surface area (Å²) in [7, 11) is 0. The van der Waals surface area contributed by atoms with Crippen LogP contribution in [-0.2, 0) is 0 Å². The number of nitrogens with one attached hydrogen (secondary N) is 1. The fourth-order valence-electron chi connectivity index (χ4n) is 2.41. The Morgan fingerprint density at radius 1 is 1.24 bits per heavy atom. The van der Waals surface area contributed by atoms with Gasteiger partial charge in [0.15, 0.2) is 5.78 Å². The summed E-state index contributed by atoms with van der Waals surface area (Å²) in [5.41, 5.74) is 2.15. The number of carbonyl (C=O) groups excluding carboxylic acids is 1. The number of aromatic amines is 1. The molecule has 102 valence electrons. The quantitative estimate of drug-likeness (QED) is 0.726. The summed E-state index contributed by atoms with van der Waals surface area (Å²) >= 11 is 0. The lowest BCUT2D eigenvalue weighted by molar-refractivity contribution is 0.103. The summed E-state index contributed by atoms with van der Waals surface area (Å²) in [6.45, 7) is 1.76. The normalized spacial score (nSPS) is 10.5. The highest BCUT2D eigenvalue weighted by Gasteiger charge is 2.19. The first kappa shape index (κ1) is 13.1. The topological polar surface area (TPSA) is 56.6 Å². The lowest BCUT2D eigenvalue weighted by Gasteiger charge is -2.03. The van der Waals surface area contributed by atoms with Gasteiger partial charge in [0.05, 0.1) is 17.2 Å². The molecule has 0 unspecified atom stereocenters. The van der Waals surface area contributed by atoms with Crippen molar-refractivity contribution in [2.45, 2.75) is 6.92 Å². The Bertz CT molecular complexity index is 903. The minimum Gasteiger partial charge on any atom is -0.360 e. The number of ketones is 1. The zero-order valence-corrected chi connectivity index (χ0v) is 11.3. The summed E-state index contributed by atoms with van der Waals surface area (Å²) < 4.78 is 14.0. The van der Waals surface area contributed by atoms with Crippen LogP contribution in [0.2, 0.25) is 0 Å². The van der Waals surface area contributed by atoms with Crippen molar-refractivity contribution in [3.63, 3.8) is 0 Å². The van der Waals surface area contributed by atoms with Crippen molar-refractivity contribution >= 4 is 16.7 Å². The van der Waals surface area contributed by atoms with Gasteiger partial charge in [-0.2, -0.15) is 5.26 Å². The van der Waals surface area contributed by atoms with E-state index < -0.39 is 11.6 Å². The molecule has 4 heteroatoms. The molecule has 0 bridgehead atoms. The molecule has 3 nitrogen and oxygen atoms in total. The second-order valence-corrected chi connectivity index (χ2v) is 4.85. The molecule has 1 heterocycles. The third-order valence-electron chi connectivity index (χ3n) is 3.44. The molecule has 0 saturated carbocycles. The number of hydrogen-bond acceptors (Lipinski definition) is 2. The Hall–Kier alpha value is -2.93. The number of benzene rings is 2. The van der Waals surface area contributed by atoms with Gasteiger partial charge in [-0.3, -0.25) is 4.79 Å². The van der Waals surface area contributed by atoms with Crippen molar-refractivity contribution < 1.29 is 9.18 Å². The van der Waals surface area contributed by atoms with Gasteiger partial charge in [0.25, 0.3) is 0 Å². The predicted molar refractivity (Wildman–Crippen MR) is 77.6 cm³/mol. The smallest absolute Gasteiger partial charge is 0.198 e. The average molecular weight is 278 g/mol. The molecule has 0 aliphatic rings. The van der Waals surface area contributed by atoms with Gasteiger partial charge >= 0.3 is 0 Å². The van der Waals surface area contributed by atoms with Crippen molar-refractivity contribution in [1.82, 2.24) is 4.98 Å². The van der Waals surface area contributed by atoms with Crippen LogP contribution >= 0.6 is 0 Å². The summed E-state index contributed by atoms with van der Waals surface area (Å²) in [5, 5.41) is 9.70. The molecule has 21 heavy (non-hydrogen) atoms. The van der Waals surface area contributed by atoms with Crippen molar-refractivity contribution in [3.8, 4) is 6.07 Å². The summed E-state index contributed by atoms with van der Waals surface area (Å²) in [4.78, 5) is 15.5. The first-order valence-electron chi connectivity index (χ1n) is 6.43. The van der Waals surface area contributed by atoms with Crippen LogP contribution in [0, 0.1) is 24.1 Å². The third-order valence-corrected chi connectivity index (χ3v) is 3.44. The number of aryl methyl sites for hydroxylation is 1. The van der Waals surface area contributed by atoms with E-state index in [4.69, 9.17) is 0 Å². The number of hydrogen-bond donors (Lipinski definition) is 1. The zero-order chi connectivity index (χ0) is 15.0. The van der Waals surface area contributed by atoms with Crippen molar-refractivity contribution in [3.05, 3.63) is 70.7 Å². The number of H-pyrrole nitrogens is 1. The molecular weight excluding hydrogens is 267 g/mol. The van der Waals surface area contributed by atoms with Gasteiger partial charge in [-0.1, -0.05) is 12.1 Å². The van der Waals surface area contributed by atoms with Crippen molar-refractivity contribution in [1.29, 1.82) is 5.26 Å². The van der Waals surface area contributed by atoms with Gasteiger partial charge < -0.3 is 4.98 Å². The van der Waals surface area contributed by atoms with Crippen LogP contribution in [0.3, 0.4) is 0 Å². The Morgan fingerprint density at radius 2 is 2.05 bits per heavy atom. The maximum atomic E-state index is 14.0. The molecule has 0 fully saturated rings. The van der Waals surface area contributed by atoms with Crippen LogP contribution in [0.5, 0.6) is 0 Å². The maximum absolute atomic E-state index is 14.0. The van der Waals surface area contributed by atoms with E-state index in [9.17, 15) is 14.4 Å². The minimum atomic E-state index is -0.552. The lowest BCUT2D eigenvalue weighted by atomic mass is 9.99. The summed E-state index contributed by atoms with van der Waals surface area (Å²) in [5.74, 6) is -0.981. The number of carbonyl (C=O) groups is 1. The molecule has 0 radical (unpaired) electrons. The number of nitrogens with zero attached hydrogens (tertiary/aromatic N) is 1. The molecule has 0 amide bonds. The van der Waals surface area contributed by atoms with E-state index in [1.165, 1.54) is 18.3 Å². The summed E-state index contributed by atoms with van der Waals surface area (Å²) in [6.07, 6.45) is 1.52. The molecule has 0 aliphatic carbocycles. The average Bonchev–Trinajstić information content (AvgIpc) is 2.90. The third kappa shape index (κ3) is 2.09. The Morgan fingerprint density at radius 3 is 2.76 bits per heavy atom. The molecule has 1 N–H and O–H groups in total. The summed E-state index contributed by atoms with van der Waals surface area (Å²) in [6, 6.07) is 11.7. The standard InChI is InChI=1S/C17H11FN2O/c1-10-5-6-12(14(18)7-10)17(21)13-9-20-15-4-2-3-11(8-19)16(13)15/h2-7,9,20H,1H3. The molecule has 3 aromatic rings. The minimum absolute atomic E-state index is 0.00856. The van der Waals surface area contributed by atoms with Crippen molar-refractivity contribution in [2.24, 2.45) is 0 Å². The second kappa shape index (κ2) is 4.88. The number of rotatable bonds is 2. The molecular formula is C17H11FN2O. The van der Waals surface area contributed by atoms with Crippen molar-refractivity contribution in [2.75, 3.05) is 0 Å². The van der Waals surface area contributed by atoms with E-state index in [2.05, 4.69) is 11.1 Å². The number of fused-ring (bicyclic) bond motifs is 1. The highest BCUT2D eigenvalue weighted by molar-refractivity contribution is 6.17. The fraction of sp³-hybridized carbons (Fsp3) is 0.0588. The molecule has 1 aromatic heterocycles. The zero-order valence-electron chi connectivity index (χ0n) is 11.3. The number of halogens is 1. The van der Waals surface area contributed by atoms with E-state index in [-0.39, 0.29) is 5.56 Å². The van der Waals surface area contributed by atoms with Gasteiger partial charge in [0.2, 0.25) is 0 Å². The van der Waals surface area contributed by atoms with Crippen LogP contribution in [0.15, 0.2) is 42.6 Å². The second-order valence-electron chi connectivity index (χ2n) is 4.85. The SMILES string of the molecule is Cc1ccc(C(=O)c2c[nH]c3cccc(C#N)c23)c(F)c1. The lowest BCUT2D eigenvalue weighted by Crippen LogP contribution is -2.04. The highest BCUT2D eigenvalue weighted by atomic mass is 19.1. The van der Waals surface area contributed by atoms with E-state index in [0.717, 1.165) is 5.56 Å². The van der Waals surface area contributed by atoms with Crippen LogP contribution in [-0.4, -0.2) is 10.8 Å². The van der Waals surface area contributed by atoms with Gasteiger partial charge in [-0.25, -0.2) is 4.39 Å². The molecule has 0 atom stereocenters. The molecule has 0 aliphatic heterocycles. The monoisotopic (exact) mass is 278 g/mol. The van der Waals surface area contributed by atoms with Crippen LogP contribution in [0.25, 0.3) is 10.9 Å². The van der Waals surface area contributed by atoms with Gasteiger partial charge in [-0.05, 0) is 36.8 Å². The van der Waals surface area contributed by atoms with Crippen LogP contribution < -0.4 is 0 Å². The highest BCUT2D eigenvalue weighted by Crippen LogP contribution is 2.25. The van der Waals surface area contributed by atoms with E-state index >= 15 is 0 Å². The number of aromatic nitrogens is 1. The first-order chi connectivity index (χ1) is 10.1. The molecule has 0 saturated heterocycles. The van der Waals surface area contributed by atoms with E-state index in [0.29, 0.717) is 22.0 Å². The van der Waals surface area contributed by atoms with E-state index in [1.54, 1.807) is 31.2 Å². The molecule has 3 rings (SSSR count). The van der Waals surface area contributed by atoms with Crippen LogP contribution in [0.4, 0.5) is 4.39 Å². The van der Waals surface area contributed by atoms with Gasteiger partial charge in [-0.15, -0.1) is 0 Å². The largest absolute Gasteiger partial charge is 0.360 e. The van der Waals surface area contributed by atoms with Gasteiger partial charge in [0, 0.05) is 22.7 Å². The van der Waals surface area contributed by atoms with Crippen LogP contribution in [0.1, 0.15) is 27.0 Å². The Balaban J connectivity index is 2.21. The Labute approximate surface area is 120 Å². The van der Waals surface area contributed by atoms with E-state index in [1.807, 2.05) is 0 Å². The first-order valence-corrected chi connectivity index (χ1v) is 6.43. The Kier molecular flexibility index (Phi) is 3.03. The fourth-order valence-corrected chi connectivity index (χ4v) is 2.41.